The maximum absolute atomic E-state index is 12.5. The maximum atomic E-state index is 12.5. The Bertz CT molecular complexity index is 918. The summed E-state index contributed by atoms with van der Waals surface area (Å²) < 4.78 is 11.1. The second-order valence-electron chi connectivity index (χ2n) is 14.0. The Hall–Kier alpha value is -2.36. The number of piperazine rings is 2. The van der Waals surface area contributed by atoms with Gasteiger partial charge in [-0.05, 0) is 67.2 Å². The molecule has 4 aliphatic heterocycles. The van der Waals surface area contributed by atoms with E-state index in [2.05, 4.69) is 20.0 Å². The van der Waals surface area contributed by atoms with E-state index in [0.29, 0.717) is 52.4 Å². The molecule has 4 saturated heterocycles. The van der Waals surface area contributed by atoms with Crippen LogP contribution in [0.1, 0.15) is 67.2 Å². The van der Waals surface area contributed by atoms with Crippen molar-refractivity contribution in [3.05, 3.63) is 0 Å². The molecule has 0 radical (unpaired) electrons. The van der Waals surface area contributed by atoms with E-state index >= 15 is 0 Å². The summed E-state index contributed by atoms with van der Waals surface area (Å²) in [5, 5.41) is 11.9. The third kappa shape index (κ3) is 10.3. The van der Waals surface area contributed by atoms with Crippen LogP contribution >= 0.6 is 0 Å². The fourth-order valence-corrected chi connectivity index (χ4v) is 5.95. The molecule has 0 amide bonds. The van der Waals surface area contributed by atoms with Gasteiger partial charge in [-0.2, -0.15) is 0 Å². The summed E-state index contributed by atoms with van der Waals surface area (Å²) in [5.74, 6) is -2.46. The number of rotatable bonds is 6. The van der Waals surface area contributed by atoms with Crippen molar-refractivity contribution in [1.29, 1.82) is 0 Å². The first kappa shape index (κ1) is 34.5. The molecule has 44 heavy (non-hydrogen) atoms. The van der Waals surface area contributed by atoms with Gasteiger partial charge in [0.05, 0.1) is 11.8 Å². The van der Waals surface area contributed by atoms with Crippen LogP contribution in [0.2, 0.25) is 0 Å². The Kier molecular flexibility index (Phi) is 11.6. The summed E-state index contributed by atoms with van der Waals surface area (Å²) in [5.41, 5.74) is -0.957. The summed E-state index contributed by atoms with van der Waals surface area (Å²) in [4.78, 5) is 60.4. The Morgan fingerprint density at radius 3 is 1.00 bits per heavy atom. The van der Waals surface area contributed by atoms with Crippen LogP contribution in [0.5, 0.6) is 0 Å². The van der Waals surface area contributed by atoms with Gasteiger partial charge in [-0.15, -0.1) is 10.1 Å². The van der Waals surface area contributed by atoms with Crippen LogP contribution in [-0.4, -0.2) is 144 Å². The molecule has 0 aromatic heterocycles. The minimum atomic E-state index is -1.02. The molecule has 0 bridgehead atoms. The molecule has 4 aliphatic rings. The van der Waals surface area contributed by atoms with Crippen LogP contribution < -0.4 is 0 Å². The van der Waals surface area contributed by atoms with Crippen molar-refractivity contribution in [1.82, 2.24) is 30.2 Å². The lowest BCUT2D eigenvalue weighted by molar-refractivity contribution is -0.232. The lowest BCUT2D eigenvalue weighted by Crippen LogP contribution is -2.57. The third-order valence-corrected chi connectivity index (χ3v) is 8.24. The van der Waals surface area contributed by atoms with Gasteiger partial charge in [0, 0.05) is 78.5 Å². The number of ether oxygens (including phenoxy) is 2. The van der Waals surface area contributed by atoms with Crippen molar-refractivity contribution in [3.8, 4) is 0 Å². The first-order chi connectivity index (χ1) is 20.7. The second kappa shape index (κ2) is 14.8. The number of hydrogen-bond acceptors (Lipinski definition) is 14. The van der Waals surface area contributed by atoms with Gasteiger partial charge < -0.3 is 19.1 Å². The number of hydrogen-bond donors (Lipinski definition) is 0. The Morgan fingerprint density at radius 1 is 0.455 bits per heavy atom. The van der Waals surface area contributed by atoms with Crippen molar-refractivity contribution in [2.24, 2.45) is 11.8 Å². The minimum Gasteiger partial charge on any atom is -0.460 e. The fourth-order valence-electron chi connectivity index (χ4n) is 5.95. The van der Waals surface area contributed by atoms with Crippen molar-refractivity contribution < 1.29 is 38.3 Å². The van der Waals surface area contributed by atoms with Crippen LogP contribution in [0.4, 0.5) is 0 Å². The lowest BCUT2D eigenvalue weighted by Gasteiger charge is -2.43. The summed E-state index contributed by atoms with van der Waals surface area (Å²) in [6, 6.07) is 0. The molecule has 14 nitrogen and oxygen atoms in total. The average molecular weight is 625 g/mol. The second-order valence-corrected chi connectivity index (χ2v) is 14.0. The zero-order valence-corrected chi connectivity index (χ0v) is 27.4. The van der Waals surface area contributed by atoms with Gasteiger partial charge in [-0.3, -0.25) is 9.59 Å². The van der Waals surface area contributed by atoms with Crippen LogP contribution in [0.15, 0.2) is 0 Å². The van der Waals surface area contributed by atoms with Gasteiger partial charge in [0.15, 0.2) is 0 Å². The number of hydroxylamine groups is 4. The normalized spacial score (nSPS) is 23.7. The van der Waals surface area contributed by atoms with Gasteiger partial charge in [0.1, 0.15) is 11.2 Å². The highest BCUT2D eigenvalue weighted by atomic mass is 16.8. The highest BCUT2D eigenvalue weighted by Gasteiger charge is 2.35. The summed E-state index contributed by atoms with van der Waals surface area (Å²) in [6.07, 6.45) is 2.99. The highest BCUT2D eigenvalue weighted by molar-refractivity contribution is 6.29. The van der Waals surface area contributed by atoms with E-state index in [1.807, 2.05) is 41.5 Å². The molecule has 0 spiro atoms. The van der Waals surface area contributed by atoms with Gasteiger partial charge in [-0.25, -0.2) is 29.6 Å². The van der Waals surface area contributed by atoms with Gasteiger partial charge in [0.25, 0.3) is 0 Å². The van der Waals surface area contributed by atoms with E-state index in [9.17, 15) is 19.2 Å². The maximum Gasteiger partial charge on any atom is 0.438 e. The van der Waals surface area contributed by atoms with E-state index in [4.69, 9.17) is 19.1 Å². The van der Waals surface area contributed by atoms with Gasteiger partial charge in [-0.1, -0.05) is 0 Å². The van der Waals surface area contributed by atoms with E-state index in [0.717, 1.165) is 51.9 Å². The van der Waals surface area contributed by atoms with Crippen LogP contribution in [0.3, 0.4) is 0 Å². The molecule has 4 rings (SSSR count). The average Bonchev–Trinajstić information content (AvgIpc) is 2.96. The fraction of sp³-hybridized carbons (Fsp3) is 0.867. The summed E-state index contributed by atoms with van der Waals surface area (Å²) in [6.45, 7) is 18.9. The Balaban J connectivity index is 1.09. The zero-order valence-electron chi connectivity index (χ0n) is 27.4. The largest absolute Gasteiger partial charge is 0.460 e. The van der Waals surface area contributed by atoms with Crippen LogP contribution in [0.25, 0.3) is 0 Å². The monoisotopic (exact) mass is 624 g/mol. The standard InChI is InChI=1S/C30H52N6O8/c1-29(2,3)41-25(37)23-7-11-31(12-8-23)33-15-19-35(20-16-33)43-27(39)28(40)44-36-21-17-34(18-22-36)32-13-9-24(10-14-32)26(38)42-30(4,5)6/h23-24H,7-22H2,1-6H3. The molecular formula is C30H52N6O8. The predicted octanol–water partition coefficient (Wildman–Crippen LogP) is 1.08. The Morgan fingerprint density at radius 2 is 0.727 bits per heavy atom. The topological polar surface area (TPSA) is 125 Å². The number of hydrazine groups is 2. The molecule has 0 unspecified atom stereocenters. The van der Waals surface area contributed by atoms with Crippen molar-refractivity contribution in [2.75, 3.05) is 78.5 Å². The van der Waals surface area contributed by atoms with E-state index < -0.39 is 23.1 Å². The molecule has 4 heterocycles. The molecule has 0 aromatic rings. The number of nitrogens with zero attached hydrogens (tertiary/aromatic N) is 6. The number of carbonyl (C=O) groups is 4. The Labute approximate surface area is 261 Å². The predicted molar refractivity (Wildman–Crippen MR) is 159 cm³/mol. The molecule has 250 valence electrons. The van der Waals surface area contributed by atoms with Crippen molar-refractivity contribution >= 4 is 23.9 Å². The van der Waals surface area contributed by atoms with Crippen molar-refractivity contribution in [2.45, 2.75) is 78.4 Å². The molecular weight excluding hydrogens is 572 g/mol. The molecule has 14 heteroatoms. The number of piperidine rings is 2. The van der Waals surface area contributed by atoms with E-state index in [1.165, 1.54) is 10.1 Å². The van der Waals surface area contributed by atoms with E-state index in [1.54, 1.807) is 0 Å². The highest BCUT2D eigenvalue weighted by Crippen LogP contribution is 2.24. The van der Waals surface area contributed by atoms with Gasteiger partial charge in [0.2, 0.25) is 0 Å². The molecule has 0 aromatic carbocycles. The molecule has 0 N–H and O–H groups in total. The molecule has 0 aliphatic carbocycles. The number of carbonyl (C=O) groups excluding carboxylic acids is 4. The van der Waals surface area contributed by atoms with Crippen molar-refractivity contribution in [3.63, 3.8) is 0 Å². The van der Waals surface area contributed by atoms with Gasteiger partial charge >= 0.3 is 23.9 Å². The minimum absolute atomic E-state index is 0.0787. The smallest absolute Gasteiger partial charge is 0.438 e. The third-order valence-electron chi connectivity index (χ3n) is 8.24. The first-order valence-electron chi connectivity index (χ1n) is 16.1. The molecule has 0 atom stereocenters. The quantitative estimate of drug-likeness (QED) is 0.309. The van der Waals surface area contributed by atoms with E-state index in [-0.39, 0.29) is 23.8 Å². The molecule has 4 fully saturated rings. The molecule has 0 saturated carbocycles. The summed E-state index contributed by atoms with van der Waals surface area (Å²) in [7, 11) is 0. The SMILES string of the molecule is CC(C)(C)OC(=O)C1CCN(N2CCN(OC(=O)C(=O)ON3CCN(N4CCC(C(=O)OC(C)(C)C)CC4)CC3)CC2)CC1. The van der Waals surface area contributed by atoms with Crippen LogP contribution in [-0.2, 0) is 38.3 Å². The zero-order chi connectivity index (χ0) is 32.1. The summed E-state index contributed by atoms with van der Waals surface area (Å²) >= 11 is 0. The number of esters is 2. The van der Waals surface area contributed by atoms with Crippen LogP contribution in [0, 0.1) is 11.8 Å². The first-order valence-corrected chi connectivity index (χ1v) is 16.1. The lowest BCUT2D eigenvalue weighted by atomic mass is 9.97.